The van der Waals surface area contributed by atoms with Crippen LogP contribution in [0.1, 0.15) is 33.6 Å². The molecule has 6 nitrogen and oxygen atoms in total. The molecule has 0 saturated carbocycles. The molecule has 2 rings (SSSR count). The molecule has 0 bridgehead atoms. The fraction of sp³-hybridized carbons (Fsp3) is 0.526. The van der Waals surface area contributed by atoms with E-state index >= 15 is 0 Å². The quantitative estimate of drug-likeness (QED) is 0.362. The third-order valence-corrected chi connectivity index (χ3v) is 4.49. The molecule has 0 spiro atoms. The highest BCUT2D eigenvalue weighted by Gasteiger charge is 2.46. The van der Waals surface area contributed by atoms with Crippen LogP contribution in [0.4, 0.5) is 0 Å². The van der Waals surface area contributed by atoms with Gasteiger partial charge in [-0.15, -0.1) is 0 Å². The van der Waals surface area contributed by atoms with Crippen LogP contribution < -0.4 is 0 Å². The lowest BCUT2D eigenvalue weighted by Crippen LogP contribution is -2.42. The number of aliphatic hydroxyl groups excluding tert-OH is 1. The third kappa shape index (κ3) is 4.07. The molecule has 4 atom stereocenters. The normalized spacial score (nSPS) is 34.3. The zero-order valence-corrected chi connectivity index (χ0v) is 14.7. The summed E-state index contributed by atoms with van der Waals surface area (Å²) in [6, 6.07) is 0. The van der Waals surface area contributed by atoms with Crippen LogP contribution in [-0.2, 0) is 23.9 Å². The van der Waals surface area contributed by atoms with E-state index in [1.807, 2.05) is 6.92 Å². The van der Waals surface area contributed by atoms with Gasteiger partial charge >= 0.3 is 11.9 Å². The van der Waals surface area contributed by atoms with E-state index in [0.29, 0.717) is 19.1 Å². The molecule has 1 saturated heterocycles. The van der Waals surface area contributed by atoms with Gasteiger partial charge in [0.15, 0.2) is 6.10 Å². The highest BCUT2D eigenvalue weighted by Crippen LogP contribution is 2.35. The third-order valence-electron chi connectivity index (χ3n) is 4.49. The van der Waals surface area contributed by atoms with Gasteiger partial charge in [-0.2, -0.15) is 0 Å². The van der Waals surface area contributed by atoms with Gasteiger partial charge in [0.25, 0.3) is 0 Å². The molecule has 2 aliphatic rings. The van der Waals surface area contributed by atoms with Crippen molar-refractivity contribution < 1.29 is 29.0 Å². The number of esters is 2. The molecule has 25 heavy (non-hydrogen) atoms. The molecule has 0 aromatic carbocycles. The molecule has 1 heterocycles. The van der Waals surface area contributed by atoms with Crippen molar-refractivity contribution in [2.75, 3.05) is 0 Å². The first-order valence-corrected chi connectivity index (χ1v) is 8.37. The van der Waals surface area contributed by atoms with Crippen molar-refractivity contribution in [1.29, 1.82) is 0 Å². The van der Waals surface area contributed by atoms with E-state index in [1.165, 1.54) is 0 Å². The fourth-order valence-electron chi connectivity index (χ4n) is 2.99. The molecule has 136 valence electrons. The van der Waals surface area contributed by atoms with Gasteiger partial charge in [0, 0.05) is 11.1 Å². The first-order valence-electron chi connectivity index (χ1n) is 8.37. The average Bonchev–Trinajstić information content (AvgIpc) is 2.82. The van der Waals surface area contributed by atoms with E-state index in [1.54, 1.807) is 26.0 Å². The number of rotatable bonds is 3. The highest BCUT2D eigenvalue weighted by molar-refractivity contribution is 5.91. The number of aldehydes is 1. The SMILES string of the molecule is C=C1C(=O)O[C@@H]2/C=C(\C)CC/C=C(/C=O)[C@H](OC(=O)C(C)C)[C@@H](O)[C@H]12. The lowest BCUT2D eigenvalue weighted by molar-refractivity contribution is -0.158. The van der Waals surface area contributed by atoms with Crippen LogP contribution in [0, 0.1) is 11.8 Å². The molecule has 0 aromatic rings. The Morgan fingerprint density at radius 2 is 2.16 bits per heavy atom. The summed E-state index contributed by atoms with van der Waals surface area (Å²) in [5, 5.41) is 10.9. The minimum atomic E-state index is -1.31. The lowest BCUT2D eigenvalue weighted by atomic mass is 9.84. The monoisotopic (exact) mass is 348 g/mol. The minimum Gasteiger partial charge on any atom is -0.454 e. The topological polar surface area (TPSA) is 89.9 Å². The van der Waals surface area contributed by atoms with E-state index in [2.05, 4.69) is 6.58 Å². The van der Waals surface area contributed by atoms with Crippen LogP contribution in [0.3, 0.4) is 0 Å². The fourth-order valence-corrected chi connectivity index (χ4v) is 2.99. The summed E-state index contributed by atoms with van der Waals surface area (Å²) in [6.07, 6.45) is 2.05. The zero-order valence-electron chi connectivity index (χ0n) is 14.7. The zero-order chi connectivity index (χ0) is 18.7. The molecule has 1 aliphatic heterocycles. The van der Waals surface area contributed by atoms with Crippen LogP contribution in [0.5, 0.6) is 0 Å². The summed E-state index contributed by atoms with van der Waals surface area (Å²) < 4.78 is 10.7. The summed E-state index contributed by atoms with van der Waals surface area (Å²) in [4.78, 5) is 35.5. The van der Waals surface area contributed by atoms with E-state index in [-0.39, 0.29) is 11.1 Å². The summed E-state index contributed by atoms with van der Waals surface area (Å²) in [7, 11) is 0. The maximum atomic E-state index is 12.1. The first kappa shape index (κ1) is 19.1. The van der Waals surface area contributed by atoms with Gasteiger partial charge < -0.3 is 14.6 Å². The molecular formula is C19H24O6. The number of aliphatic hydroxyl groups is 1. The number of carbonyl (C=O) groups excluding carboxylic acids is 3. The van der Waals surface area contributed by atoms with E-state index in [4.69, 9.17) is 9.47 Å². The van der Waals surface area contributed by atoms with Crippen molar-refractivity contribution >= 4 is 18.2 Å². The maximum absolute atomic E-state index is 12.1. The number of ether oxygens (including phenoxy) is 2. The molecule has 6 heteroatoms. The van der Waals surface area contributed by atoms with Gasteiger partial charge in [-0.05, 0) is 25.8 Å². The van der Waals surface area contributed by atoms with Gasteiger partial charge in [0.2, 0.25) is 0 Å². The van der Waals surface area contributed by atoms with E-state index < -0.39 is 42.1 Å². The van der Waals surface area contributed by atoms with Crippen molar-refractivity contribution in [3.63, 3.8) is 0 Å². The Labute approximate surface area is 147 Å². The molecule has 0 radical (unpaired) electrons. The van der Waals surface area contributed by atoms with Crippen LogP contribution in [0.15, 0.2) is 35.5 Å². The van der Waals surface area contributed by atoms with Gasteiger partial charge in [0.05, 0.1) is 11.8 Å². The second-order valence-electron chi connectivity index (χ2n) is 6.80. The molecule has 1 aliphatic carbocycles. The molecular weight excluding hydrogens is 324 g/mol. The maximum Gasteiger partial charge on any atom is 0.334 e. The first-order chi connectivity index (χ1) is 11.8. The van der Waals surface area contributed by atoms with E-state index in [9.17, 15) is 19.5 Å². The van der Waals surface area contributed by atoms with Crippen molar-refractivity contribution in [1.82, 2.24) is 0 Å². The summed E-state index contributed by atoms with van der Waals surface area (Å²) in [6.45, 7) is 8.93. The Morgan fingerprint density at radius 1 is 1.48 bits per heavy atom. The molecule has 1 N–H and O–H groups in total. The number of hydrogen-bond donors (Lipinski definition) is 1. The minimum absolute atomic E-state index is 0.109. The standard InChI is InChI=1S/C19H24O6/c1-10(2)18(22)25-17-13(9-20)7-5-6-11(3)8-14-15(16(17)21)12(4)19(23)24-14/h7-10,14-17,21H,4-6H2,1-3H3/b11-8+,13-7-/t14-,15-,16+,17+/m1/s1. The highest BCUT2D eigenvalue weighted by atomic mass is 16.6. The Balaban J connectivity index is 2.46. The lowest BCUT2D eigenvalue weighted by Gasteiger charge is -2.30. The molecule has 0 amide bonds. The van der Waals surface area contributed by atoms with Gasteiger partial charge in [-0.3, -0.25) is 9.59 Å². The second-order valence-corrected chi connectivity index (χ2v) is 6.80. The van der Waals surface area contributed by atoms with Crippen LogP contribution >= 0.6 is 0 Å². The number of hydrogen-bond acceptors (Lipinski definition) is 6. The Morgan fingerprint density at radius 3 is 2.76 bits per heavy atom. The van der Waals surface area contributed by atoms with Gasteiger partial charge in [-0.1, -0.05) is 32.1 Å². The molecule has 1 fully saturated rings. The largest absolute Gasteiger partial charge is 0.454 e. The van der Waals surface area contributed by atoms with Crippen molar-refractivity contribution in [3.8, 4) is 0 Å². The van der Waals surface area contributed by atoms with Crippen molar-refractivity contribution in [2.24, 2.45) is 11.8 Å². The van der Waals surface area contributed by atoms with Gasteiger partial charge in [-0.25, -0.2) is 4.79 Å². The van der Waals surface area contributed by atoms with Crippen molar-refractivity contribution in [2.45, 2.75) is 51.9 Å². The second kappa shape index (κ2) is 7.78. The Kier molecular flexibility index (Phi) is 5.95. The van der Waals surface area contributed by atoms with E-state index in [0.717, 1.165) is 5.57 Å². The van der Waals surface area contributed by atoms with Gasteiger partial charge in [0.1, 0.15) is 18.5 Å². The Bertz CT molecular complexity index is 642. The van der Waals surface area contributed by atoms with Crippen molar-refractivity contribution in [3.05, 3.63) is 35.5 Å². The predicted octanol–water partition coefficient (Wildman–Crippen LogP) is 1.88. The predicted molar refractivity (Wildman–Crippen MR) is 90.4 cm³/mol. The number of carbonyl (C=O) groups is 3. The summed E-state index contributed by atoms with van der Waals surface area (Å²) in [5.74, 6) is -2.33. The van der Waals surface area contributed by atoms with Crippen LogP contribution in [-0.4, -0.2) is 41.6 Å². The number of fused-ring (bicyclic) bond motifs is 1. The van der Waals surface area contributed by atoms with Crippen LogP contribution in [0.25, 0.3) is 0 Å². The average molecular weight is 348 g/mol. The number of allylic oxidation sites excluding steroid dienone is 2. The smallest absolute Gasteiger partial charge is 0.334 e. The molecule has 0 aromatic heterocycles. The summed E-state index contributed by atoms with van der Waals surface area (Å²) >= 11 is 0. The molecule has 0 unspecified atom stereocenters. The Hall–Kier alpha value is -2.21. The van der Waals surface area contributed by atoms with Crippen LogP contribution in [0.2, 0.25) is 0 Å². The summed E-state index contributed by atoms with van der Waals surface area (Å²) in [5.41, 5.74) is 1.27.